The van der Waals surface area contributed by atoms with Gasteiger partial charge in [0.1, 0.15) is 0 Å². The molecule has 5 heteroatoms. The highest BCUT2D eigenvalue weighted by molar-refractivity contribution is 5.53. The zero-order chi connectivity index (χ0) is 3.58. The summed E-state index contributed by atoms with van der Waals surface area (Å²) in [5, 5.41) is 13.9. The Morgan fingerprint density at radius 1 is 1.33 bits per heavy atom. The predicted octanol–water partition coefficient (Wildman–Crippen LogP) is -0.440. The maximum atomic E-state index is 8.56. The van der Waals surface area contributed by atoms with E-state index in [-0.39, 0.29) is 11.6 Å². The van der Waals surface area contributed by atoms with Crippen molar-refractivity contribution in [3.63, 3.8) is 0 Å². The van der Waals surface area contributed by atoms with Crippen molar-refractivity contribution in [1.29, 1.82) is 0 Å². The molecule has 0 fully saturated rings. The molecule has 0 aromatic rings. The fourth-order valence-electron chi connectivity index (χ4n) is 0. The summed E-state index contributed by atoms with van der Waals surface area (Å²) in [5.74, 6) is 0. The molecule has 7 N–H and O–H groups in total. The number of hydrogen-bond acceptors (Lipinski definition) is 2. The highest BCUT2D eigenvalue weighted by Gasteiger charge is 1.70. The van der Waals surface area contributed by atoms with Crippen LogP contribution in [0.3, 0.4) is 0 Å². The molecule has 0 amide bonds. The van der Waals surface area contributed by atoms with Crippen molar-refractivity contribution in [2.24, 2.45) is 0 Å². The quantitative estimate of drug-likeness (QED) is 0.379. The second kappa shape index (κ2) is 8.89. The zero-order valence-corrected chi connectivity index (χ0v) is 3.01. The van der Waals surface area contributed by atoms with E-state index < -0.39 is 6.16 Å². The second-order valence-corrected chi connectivity index (χ2v) is 0.283. The van der Waals surface area contributed by atoms with Gasteiger partial charge in [0, 0.05) is 0 Å². The molecule has 0 aliphatic carbocycles. The molecule has 0 rings (SSSR count). The third-order valence-corrected chi connectivity index (χ3v) is 0. The first kappa shape index (κ1) is 19.0. The summed E-state index contributed by atoms with van der Waals surface area (Å²) in [6, 6.07) is 0. The van der Waals surface area contributed by atoms with E-state index >= 15 is 0 Å². The van der Waals surface area contributed by atoms with Crippen molar-refractivity contribution >= 4 is 6.16 Å². The third kappa shape index (κ3) is 23.3. The Kier molecular flexibility index (Phi) is 28.1. The Morgan fingerprint density at radius 3 is 1.33 bits per heavy atom. The van der Waals surface area contributed by atoms with Crippen LogP contribution in [0.15, 0.2) is 0 Å². The molecule has 0 atom stereocenters. The van der Waals surface area contributed by atoms with Crippen LogP contribution >= 0.6 is 0 Å². The summed E-state index contributed by atoms with van der Waals surface area (Å²) < 4.78 is 0. The van der Waals surface area contributed by atoms with E-state index in [9.17, 15) is 0 Å². The molecule has 5 nitrogen and oxygen atoms in total. The summed E-state index contributed by atoms with van der Waals surface area (Å²) in [5.41, 5.74) is 0. The average Bonchev–Trinajstić information content (AvgIpc) is 0.811. The predicted molar refractivity (Wildman–Crippen MR) is 19.3 cm³/mol. The second-order valence-electron chi connectivity index (χ2n) is 0.283. The molecule has 0 aromatic heterocycles. The van der Waals surface area contributed by atoms with Gasteiger partial charge in [0.25, 0.3) is 0 Å². The molecule has 6 heavy (non-hydrogen) atoms. The fraction of sp³-hybridized carbons (Fsp3) is 0. The topological polar surface area (TPSA) is 124 Å². The molecule has 40 valence electrons. The van der Waals surface area contributed by atoms with Crippen molar-refractivity contribution in [2.75, 3.05) is 0 Å². The molecular formula is CH7NO4. The molecule has 0 unspecified atom stereocenters. The van der Waals surface area contributed by atoms with Gasteiger partial charge >= 0.3 is 6.16 Å². The lowest BCUT2D eigenvalue weighted by Crippen LogP contribution is -1.81. The van der Waals surface area contributed by atoms with Crippen LogP contribution in [0.1, 0.15) is 0 Å². The lowest BCUT2D eigenvalue weighted by atomic mass is 11.5. The van der Waals surface area contributed by atoms with Gasteiger partial charge in [0.2, 0.25) is 0 Å². The standard InChI is InChI=1S/CH2O3.H3N.H2O/c2-1(3)4;;/h(H2,2,3,4);1H3;1H2. The lowest BCUT2D eigenvalue weighted by Gasteiger charge is -1.60. The highest BCUT2D eigenvalue weighted by Crippen LogP contribution is 1.42. The monoisotopic (exact) mass is 97.0 g/mol. The van der Waals surface area contributed by atoms with Crippen molar-refractivity contribution in [3.05, 3.63) is 0 Å². The maximum absolute atomic E-state index is 8.56. The van der Waals surface area contributed by atoms with Crippen molar-refractivity contribution in [2.45, 2.75) is 0 Å². The van der Waals surface area contributed by atoms with Gasteiger partial charge in [-0.1, -0.05) is 0 Å². The average molecular weight is 97.1 g/mol. The number of hydrogen-bond donors (Lipinski definition) is 3. The molecule has 0 aromatic carbocycles. The van der Waals surface area contributed by atoms with Gasteiger partial charge in [-0.3, -0.25) is 0 Å². The Labute approximate surface area is 34.1 Å². The fourth-order valence-corrected chi connectivity index (χ4v) is 0. The summed E-state index contributed by atoms with van der Waals surface area (Å²) in [7, 11) is 0. The normalized spacial score (nSPS) is 4.00. The number of rotatable bonds is 0. The van der Waals surface area contributed by atoms with E-state index in [1.807, 2.05) is 0 Å². The minimum Gasteiger partial charge on any atom is -0.450 e. The van der Waals surface area contributed by atoms with E-state index in [4.69, 9.17) is 15.0 Å². The summed E-state index contributed by atoms with van der Waals surface area (Å²) in [6.45, 7) is 0. The van der Waals surface area contributed by atoms with Crippen molar-refractivity contribution in [3.8, 4) is 0 Å². The Morgan fingerprint density at radius 2 is 1.33 bits per heavy atom. The smallest absolute Gasteiger partial charge is 0.450 e. The van der Waals surface area contributed by atoms with Crippen LogP contribution in [0, 0.1) is 0 Å². The minimum absolute atomic E-state index is 0. The van der Waals surface area contributed by atoms with Crippen LogP contribution in [-0.2, 0) is 0 Å². The van der Waals surface area contributed by atoms with E-state index in [0.29, 0.717) is 0 Å². The molecule has 0 bridgehead atoms. The first-order chi connectivity index (χ1) is 1.73. The number of carboxylic acid groups (broad SMARTS) is 2. The highest BCUT2D eigenvalue weighted by atomic mass is 16.6. The zero-order valence-electron chi connectivity index (χ0n) is 3.01. The van der Waals surface area contributed by atoms with E-state index in [0.717, 1.165) is 0 Å². The van der Waals surface area contributed by atoms with Gasteiger partial charge in [0.05, 0.1) is 0 Å². The van der Waals surface area contributed by atoms with Crippen LogP contribution in [0.2, 0.25) is 0 Å². The molecule has 0 saturated heterocycles. The van der Waals surface area contributed by atoms with Gasteiger partial charge < -0.3 is 21.8 Å². The summed E-state index contributed by atoms with van der Waals surface area (Å²) >= 11 is 0. The van der Waals surface area contributed by atoms with E-state index in [2.05, 4.69) is 0 Å². The summed E-state index contributed by atoms with van der Waals surface area (Å²) in [6.07, 6.45) is -1.83. The van der Waals surface area contributed by atoms with E-state index in [1.165, 1.54) is 0 Å². The Hall–Kier alpha value is -0.810. The van der Waals surface area contributed by atoms with E-state index in [1.54, 1.807) is 0 Å². The van der Waals surface area contributed by atoms with Crippen molar-refractivity contribution in [1.82, 2.24) is 6.15 Å². The van der Waals surface area contributed by atoms with Gasteiger partial charge in [0.15, 0.2) is 0 Å². The molecule has 0 aliphatic heterocycles. The van der Waals surface area contributed by atoms with Gasteiger partial charge in [-0.2, -0.15) is 0 Å². The Bertz CT molecular complexity index is 30.5. The third-order valence-electron chi connectivity index (χ3n) is 0. The van der Waals surface area contributed by atoms with Crippen LogP contribution in [0.5, 0.6) is 0 Å². The van der Waals surface area contributed by atoms with Crippen LogP contribution < -0.4 is 6.15 Å². The number of carbonyl (C=O) groups is 1. The first-order valence-corrected chi connectivity index (χ1v) is 0.651. The molecule has 0 heterocycles. The minimum atomic E-state index is -1.83. The molecule has 0 radical (unpaired) electrons. The molecular weight excluding hydrogens is 90.0 g/mol. The Balaban J connectivity index is -0.0000000450. The van der Waals surface area contributed by atoms with Crippen molar-refractivity contribution < 1.29 is 20.5 Å². The summed E-state index contributed by atoms with van der Waals surface area (Å²) in [4.78, 5) is 8.56. The van der Waals surface area contributed by atoms with Gasteiger partial charge in [-0.05, 0) is 0 Å². The first-order valence-electron chi connectivity index (χ1n) is 0.651. The van der Waals surface area contributed by atoms with Crippen LogP contribution in [-0.4, -0.2) is 21.8 Å². The van der Waals surface area contributed by atoms with Crippen LogP contribution in [0.4, 0.5) is 4.79 Å². The van der Waals surface area contributed by atoms with Crippen LogP contribution in [0.25, 0.3) is 0 Å². The largest absolute Gasteiger partial charge is 0.503 e. The maximum Gasteiger partial charge on any atom is 0.503 e. The van der Waals surface area contributed by atoms with Gasteiger partial charge in [-0.15, -0.1) is 0 Å². The lowest BCUT2D eigenvalue weighted by molar-refractivity contribution is 0.137. The molecule has 0 spiro atoms. The molecule has 0 aliphatic rings. The SMILES string of the molecule is N.O.O=C(O)O. The molecule has 0 saturated carbocycles. The van der Waals surface area contributed by atoms with Gasteiger partial charge in [-0.25, -0.2) is 4.79 Å².